The molecule has 3 nitrogen and oxygen atoms in total. The number of anilines is 1. The summed E-state index contributed by atoms with van der Waals surface area (Å²) in [5, 5.41) is 13.9. The molecule has 1 aromatic rings. The van der Waals surface area contributed by atoms with E-state index in [1.807, 2.05) is 12.1 Å². The van der Waals surface area contributed by atoms with Crippen molar-refractivity contribution >= 4 is 11.4 Å². The van der Waals surface area contributed by atoms with Gasteiger partial charge in [-0.3, -0.25) is 5.43 Å². The van der Waals surface area contributed by atoms with Crippen molar-refractivity contribution in [1.29, 1.82) is 0 Å². The highest BCUT2D eigenvalue weighted by molar-refractivity contribution is 5.85. The number of hydrogen-bond acceptors (Lipinski definition) is 3. The van der Waals surface area contributed by atoms with E-state index < -0.39 is 0 Å². The van der Waals surface area contributed by atoms with Gasteiger partial charge in [0, 0.05) is 5.71 Å². The topological polar surface area (TPSA) is 44.6 Å². The van der Waals surface area contributed by atoms with Crippen LogP contribution in [-0.4, -0.2) is 16.9 Å². The highest BCUT2D eigenvalue weighted by atomic mass is 16.3. The van der Waals surface area contributed by atoms with Crippen molar-refractivity contribution in [3.8, 4) is 0 Å². The van der Waals surface area contributed by atoms with Gasteiger partial charge in [-0.15, -0.1) is 0 Å². The average molecular weight is 232 g/mol. The smallest absolute Gasteiger partial charge is 0.0593 e. The van der Waals surface area contributed by atoms with Gasteiger partial charge < -0.3 is 5.11 Å². The van der Waals surface area contributed by atoms with Gasteiger partial charge in [-0.1, -0.05) is 12.1 Å². The summed E-state index contributed by atoms with van der Waals surface area (Å²) < 4.78 is 0. The molecule has 0 aliphatic heterocycles. The molecule has 0 radical (unpaired) electrons. The van der Waals surface area contributed by atoms with Crippen LogP contribution in [0.15, 0.2) is 23.3 Å². The first-order valence-electron chi connectivity index (χ1n) is 6.22. The molecule has 0 atom stereocenters. The fourth-order valence-electron chi connectivity index (χ4n) is 2.06. The first-order valence-corrected chi connectivity index (χ1v) is 6.22. The van der Waals surface area contributed by atoms with E-state index in [4.69, 9.17) is 0 Å². The van der Waals surface area contributed by atoms with Gasteiger partial charge in [0.05, 0.1) is 11.8 Å². The Morgan fingerprint density at radius 3 is 2.65 bits per heavy atom. The van der Waals surface area contributed by atoms with E-state index in [2.05, 4.69) is 30.4 Å². The summed E-state index contributed by atoms with van der Waals surface area (Å²) in [6, 6.07) is 6.18. The summed E-state index contributed by atoms with van der Waals surface area (Å²) in [6.07, 6.45) is 3.35. The lowest BCUT2D eigenvalue weighted by molar-refractivity contribution is 0.152. The van der Waals surface area contributed by atoms with Crippen LogP contribution in [0.4, 0.5) is 5.69 Å². The second-order valence-corrected chi connectivity index (χ2v) is 4.77. The molecule has 17 heavy (non-hydrogen) atoms. The number of rotatable bonds is 2. The lowest BCUT2D eigenvalue weighted by Gasteiger charge is -2.18. The Kier molecular flexibility index (Phi) is 3.79. The molecule has 0 saturated heterocycles. The molecule has 2 rings (SSSR count). The molecule has 0 unspecified atom stereocenters. The second-order valence-electron chi connectivity index (χ2n) is 4.77. The Morgan fingerprint density at radius 1 is 1.24 bits per heavy atom. The van der Waals surface area contributed by atoms with Crippen LogP contribution >= 0.6 is 0 Å². The number of hydrogen-bond donors (Lipinski definition) is 2. The highest BCUT2D eigenvalue weighted by Gasteiger charge is 2.14. The summed E-state index contributed by atoms with van der Waals surface area (Å²) in [4.78, 5) is 0. The Balaban J connectivity index is 2.02. The molecule has 0 heterocycles. The summed E-state index contributed by atoms with van der Waals surface area (Å²) >= 11 is 0. The zero-order valence-electron chi connectivity index (χ0n) is 10.5. The van der Waals surface area contributed by atoms with Gasteiger partial charge in [-0.2, -0.15) is 5.10 Å². The van der Waals surface area contributed by atoms with Crippen LogP contribution < -0.4 is 5.43 Å². The number of aryl methyl sites for hydroxylation is 1. The third kappa shape index (κ3) is 3.07. The number of nitrogens with zero attached hydrogens (tertiary/aromatic N) is 1. The van der Waals surface area contributed by atoms with Crippen LogP contribution in [0.2, 0.25) is 0 Å². The highest BCUT2D eigenvalue weighted by Crippen LogP contribution is 2.20. The Labute approximate surface area is 103 Å². The minimum Gasteiger partial charge on any atom is -0.393 e. The molecule has 1 saturated carbocycles. The number of benzene rings is 1. The van der Waals surface area contributed by atoms with Crippen molar-refractivity contribution in [3.05, 3.63) is 29.3 Å². The summed E-state index contributed by atoms with van der Waals surface area (Å²) in [5.41, 5.74) is 7.90. The average Bonchev–Trinajstić information content (AvgIpc) is 2.33. The minimum atomic E-state index is -0.130. The number of nitrogens with one attached hydrogen (secondary N) is 1. The van der Waals surface area contributed by atoms with Crippen LogP contribution in [0.25, 0.3) is 0 Å². The molecule has 92 valence electrons. The second kappa shape index (κ2) is 5.32. The predicted octanol–water partition coefficient (Wildman–Crippen LogP) is 3.01. The zero-order valence-corrected chi connectivity index (χ0v) is 10.5. The van der Waals surface area contributed by atoms with E-state index in [0.29, 0.717) is 0 Å². The lowest BCUT2D eigenvalue weighted by Crippen LogP contribution is -2.18. The third-order valence-electron chi connectivity index (χ3n) is 3.47. The van der Waals surface area contributed by atoms with Crippen molar-refractivity contribution in [1.82, 2.24) is 0 Å². The number of hydrazone groups is 1. The van der Waals surface area contributed by atoms with E-state index in [0.717, 1.165) is 37.1 Å². The molecule has 1 fully saturated rings. The molecular formula is C14H20N2O. The van der Waals surface area contributed by atoms with Crippen molar-refractivity contribution < 1.29 is 5.11 Å². The molecule has 0 spiro atoms. The quantitative estimate of drug-likeness (QED) is 0.770. The van der Waals surface area contributed by atoms with E-state index in [9.17, 15) is 5.11 Å². The SMILES string of the molecule is Cc1cccc(NN=C2CCC(O)CC2)c1C. The first-order chi connectivity index (χ1) is 8.16. The van der Waals surface area contributed by atoms with Gasteiger partial charge >= 0.3 is 0 Å². The third-order valence-corrected chi connectivity index (χ3v) is 3.47. The molecule has 3 heteroatoms. The monoisotopic (exact) mass is 232 g/mol. The van der Waals surface area contributed by atoms with Crippen LogP contribution in [0.3, 0.4) is 0 Å². The van der Waals surface area contributed by atoms with E-state index >= 15 is 0 Å². The molecule has 2 N–H and O–H groups in total. The predicted molar refractivity (Wildman–Crippen MR) is 71.4 cm³/mol. The van der Waals surface area contributed by atoms with Gasteiger partial charge in [-0.25, -0.2) is 0 Å². The van der Waals surface area contributed by atoms with Gasteiger partial charge in [0.15, 0.2) is 0 Å². The van der Waals surface area contributed by atoms with E-state index in [1.54, 1.807) is 0 Å². The number of aliphatic hydroxyl groups is 1. The Bertz CT molecular complexity index is 416. The molecule has 0 amide bonds. The normalized spacial score (nSPS) is 20.2. The maximum Gasteiger partial charge on any atom is 0.0593 e. The van der Waals surface area contributed by atoms with Crippen LogP contribution in [0.1, 0.15) is 36.8 Å². The molecular weight excluding hydrogens is 212 g/mol. The van der Waals surface area contributed by atoms with Gasteiger partial charge in [0.25, 0.3) is 0 Å². The van der Waals surface area contributed by atoms with E-state index in [-0.39, 0.29) is 6.10 Å². The van der Waals surface area contributed by atoms with Crippen LogP contribution in [0.5, 0.6) is 0 Å². The summed E-state index contributed by atoms with van der Waals surface area (Å²) in [6.45, 7) is 4.20. The first kappa shape index (κ1) is 12.1. The van der Waals surface area contributed by atoms with Crippen molar-refractivity contribution in [2.24, 2.45) is 5.10 Å². The van der Waals surface area contributed by atoms with Gasteiger partial charge in [0.2, 0.25) is 0 Å². The van der Waals surface area contributed by atoms with Crippen molar-refractivity contribution in [3.63, 3.8) is 0 Å². The number of aliphatic hydroxyl groups excluding tert-OH is 1. The maximum absolute atomic E-state index is 9.42. The summed E-state index contributed by atoms with van der Waals surface area (Å²) in [5.74, 6) is 0. The molecule has 0 bridgehead atoms. The van der Waals surface area contributed by atoms with Gasteiger partial charge in [0.1, 0.15) is 0 Å². The Morgan fingerprint density at radius 2 is 1.94 bits per heavy atom. The van der Waals surface area contributed by atoms with Gasteiger partial charge in [-0.05, 0) is 56.7 Å². The fourth-order valence-corrected chi connectivity index (χ4v) is 2.06. The molecule has 1 aliphatic carbocycles. The molecule has 1 aromatic carbocycles. The zero-order chi connectivity index (χ0) is 12.3. The van der Waals surface area contributed by atoms with Crippen LogP contribution in [0, 0.1) is 13.8 Å². The Hall–Kier alpha value is -1.35. The van der Waals surface area contributed by atoms with E-state index in [1.165, 1.54) is 11.1 Å². The van der Waals surface area contributed by atoms with Crippen LogP contribution in [-0.2, 0) is 0 Å². The lowest BCUT2D eigenvalue weighted by atomic mass is 9.96. The molecule has 1 aliphatic rings. The van der Waals surface area contributed by atoms with Crippen molar-refractivity contribution in [2.75, 3.05) is 5.43 Å². The van der Waals surface area contributed by atoms with Crippen molar-refractivity contribution in [2.45, 2.75) is 45.6 Å². The molecule has 0 aromatic heterocycles. The maximum atomic E-state index is 9.42. The largest absolute Gasteiger partial charge is 0.393 e. The fraction of sp³-hybridized carbons (Fsp3) is 0.500. The standard InChI is InChI=1S/C14H20N2O/c1-10-4-3-5-14(11(10)2)16-15-12-6-8-13(17)9-7-12/h3-5,13,16-17H,6-9H2,1-2H3. The summed E-state index contributed by atoms with van der Waals surface area (Å²) in [7, 11) is 0. The minimum absolute atomic E-state index is 0.130.